The van der Waals surface area contributed by atoms with Gasteiger partial charge in [0.05, 0.1) is 6.10 Å². The van der Waals surface area contributed by atoms with Crippen molar-refractivity contribution in [3.8, 4) is 0 Å². The van der Waals surface area contributed by atoms with Gasteiger partial charge < -0.3 is 5.11 Å². The van der Waals surface area contributed by atoms with Crippen molar-refractivity contribution >= 4 is 0 Å². The zero-order valence-corrected chi connectivity index (χ0v) is 7.16. The van der Waals surface area contributed by atoms with Crippen LogP contribution in [0.25, 0.3) is 0 Å². The Bertz CT molecular complexity index is 136. The van der Waals surface area contributed by atoms with E-state index in [0.717, 1.165) is 25.8 Å². The normalized spacial score (nSPS) is 31.2. The van der Waals surface area contributed by atoms with E-state index in [1.165, 1.54) is 0 Å². The molecule has 2 nitrogen and oxygen atoms in total. The molecule has 1 rings (SSSR count). The van der Waals surface area contributed by atoms with Crippen LogP contribution in [0.2, 0.25) is 0 Å². The first kappa shape index (κ1) is 8.75. The van der Waals surface area contributed by atoms with Crippen LogP contribution in [0.4, 0.5) is 0 Å². The summed E-state index contributed by atoms with van der Waals surface area (Å²) in [7, 11) is 2.04. The summed E-state index contributed by atoms with van der Waals surface area (Å²) in [6, 6.07) is 0.369. The Morgan fingerprint density at radius 3 is 2.82 bits per heavy atom. The summed E-state index contributed by atoms with van der Waals surface area (Å²) < 4.78 is 0. The van der Waals surface area contributed by atoms with Crippen LogP contribution in [-0.4, -0.2) is 35.7 Å². The van der Waals surface area contributed by atoms with E-state index in [4.69, 9.17) is 0 Å². The third-order valence-electron chi connectivity index (χ3n) is 2.43. The summed E-state index contributed by atoms with van der Waals surface area (Å²) in [5, 5.41) is 9.51. The van der Waals surface area contributed by atoms with Crippen LogP contribution in [0.15, 0.2) is 12.7 Å². The zero-order chi connectivity index (χ0) is 8.27. The molecule has 0 aromatic heterocycles. The van der Waals surface area contributed by atoms with Gasteiger partial charge in [0, 0.05) is 12.6 Å². The van der Waals surface area contributed by atoms with Crippen LogP contribution in [0.1, 0.15) is 19.3 Å². The Labute approximate surface area is 68.5 Å². The van der Waals surface area contributed by atoms with Gasteiger partial charge in [0.2, 0.25) is 0 Å². The van der Waals surface area contributed by atoms with Crippen molar-refractivity contribution in [3.05, 3.63) is 12.7 Å². The molecule has 1 fully saturated rings. The highest BCUT2D eigenvalue weighted by molar-refractivity contribution is 4.86. The lowest BCUT2D eigenvalue weighted by Gasteiger charge is -2.25. The van der Waals surface area contributed by atoms with Gasteiger partial charge in [-0.05, 0) is 26.3 Å². The van der Waals surface area contributed by atoms with Crippen LogP contribution in [-0.2, 0) is 0 Å². The molecule has 1 aliphatic carbocycles. The predicted molar refractivity (Wildman–Crippen MR) is 46.5 cm³/mol. The summed E-state index contributed by atoms with van der Waals surface area (Å²) in [6.07, 6.45) is 5.02. The lowest BCUT2D eigenvalue weighted by Crippen LogP contribution is -2.37. The van der Waals surface area contributed by atoms with Gasteiger partial charge >= 0.3 is 0 Å². The second kappa shape index (κ2) is 3.88. The summed E-state index contributed by atoms with van der Waals surface area (Å²) in [5.41, 5.74) is 0. The molecule has 1 saturated carbocycles. The molecule has 0 aromatic rings. The van der Waals surface area contributed by atoms with Gasteiger partial charge in [-0.1, -0.05) is 6.08 Å². The van der Waals surface area contributed by atoms with Gasteiger partial charge in [-0.25, -0.2) is 0 Å². The SMILES string of the molecule is C=CCN(C)C1CCCC1O. The van der Waals surface area contributed by atoms with Crippen LogP contribution in [0, 0.1) is 0 Å². The molecule has 0 bridgehead atoms. The predicted octanol–water partition coefficient (Wildman–Crippen LogP) is 1.02. The highest BCUT2D eigenvalue weighted by Crippen LogP contribution is 2.22. The lowest BCUT2D eigenvalue weighted by atomic mass is 10.2. The third kappa shape index (κ3) is 2.04. The topological polar surface area (TPSA) is 23.5 Å². The van der Waals surface area contributed by atoms with Crippen molar-refractivity contribution in [1.29, 1.82) is 0 Å². The molecule has 0 aromatic carbocycles. The van der Waals surface area contributed by atoms with Crippen molar-refractivity contribution in [1.82, 2.24) is 4.90 Å². The van der Waals surface area contributed by atoms with Crippen LogP contribution in [0.5, 0.6) is 0 Å². The molecular weight excluding hydrogens is 138 g/mol. The molecule has 2 unspecified atom stereocenters. The minimum Gasteiger partial charge on any atom is -0.391 e. The first-order valence-electron chi connectivity index (χ1n) is 4.25. The second-order valence-corrected chi connectivity index (χ2v) is 3.29. The number of likely N-dealkylation sites (N-methyl/N-ethyl adjacent to an activating group) is 1. The number of aliphatic hydroxyl groups is 1. The van der Waals surface area contributed by atoms with Crippen LogP contribution in [0.3, 0.4) is 0 Å². The van der Waals surface area contributed by atoms with Crippen molar-refractivity contribution in [3.63, 3.8) is 0 Å². The Hall–Kier alpha value is -0.340. The van der Waals surface area contributed by atoms with E-state index in [1.54, 1.807) is 0 Å². The quantitative estimate of drug-likeness (QED) is 0.615. The van der Waals surface area contributed by atoms with E-state index in [1.807, 2.05) is 13.1 Å². The van der Waals surface area contributed by atoms with E-state index in [0.29, 0.717) is 6.04 Å². The molecule has 11 heavy (non-hydrogen) atoms. The fourth-order valence-corrected chi connectivity index (χ4v) is 1.77. The maximum atomic E-state index is 9.51. The molecule has 0 aliphatic heterocycles. The van der Waals surface area contributed by atoms with Crippen LogP contribution >= 0.6 is 0 Å². The molecule has 1 N–H and O–H groups in total. The monoisotopic (exact) mass is 155 g/mol. The van der Waals surface area contributed by atoms with Crippen LogP contribution < -0.4 is 0 Å². The molecule has 1 aliphatic rings. The van der Waals surface area contributed by atoms with Gasteiger partial charge in [0.25, 0.3) is 0 Å². The molecule has 0 radical (unpaired) electrons. The van der Waals surface area contributed by atoms with Crippen molar-refractivity contribution in [2.75, 3.05) is 13.6 Å². The molecule has 0 amide bonds. The molecule has 0 heterocycles. The average Bonchev–Trinajstić information content (AvgIpc) is 2.36. The number of hydrogen-bond donors (Lipinski definition) is 1. The Morgan fingerprint density at radius 2 is 2.36 bits per heavy atom. The highest BCUT2D eigenvalue weighted by Gasteiger charge is 2.27. The zero-order valence-electron chi connectivity index (χ0n) is 7.16. The molecule has 64 valence electrons. The standard InChI is InChI=1S/C9H17NO/c1-3-7-10(2)8-5-4-6-9(8)11/h3,8-9,11H,1,4-7H2,2H3. The van der Waals surface area contributed by atoms with Crippen molar-refractivity contribution < 1.29 is 5.11 Å². The maximum absolute atomic E-state index is 9.51. The van der Waals surface area contributed by atoms with Gasteiger partial charge in [0.1, 0.15) is 0 Å². The van der Waals surface area contributed by atoms with Gasteiger partial charge in [-0.15, -0.1) is 6.58 Å². The lowest BCUT2D eigenvalue weighted by molar-refractivity contribution is 0.0928. The Morgan fingerprint density at radius 1 is 1.64 bits per heavy atom. The Kier molecular flexibility index (Phi) is 3.09. The van der Waals surface area contributed by atoms with E-state index >= 15 is 0 Å². The number of nitrogens with zero attached hydrogens (tertiary/aromatic N) is 1. The third-order valence-corrected chi connectivity index (χ3v) is 2.43. The fourth-order valence-electron chi connectivity index (χ4n) is 1.77. The van der Waals surface area contributed by atoms with E-state index in [-0.39, 0.29) is 6.10 Å². The summed E-state index contributed by atoms with van der Waals surface area (Å²) >= 11 is 0. The minimum atomic E-state index is -0.111. The molecular formula is C9H17NO. The molecule has 2 atom stereocenters. The van der Waals surface area contributed by atoms with E-state index in [2.05, 4.69) is 11.5 Å². The van der Waals surface area contributed by atoms with Crippen molar-refractivity contribution in [2.45, 2.75) is 31.4 Å². The number of rotatable bonds is 3. The van der Waals surface area contributed by atoms with E-state index in [9.17, 15) is 5.11 Å². The fraction of sp³-hybridized carbons (Fsp3) is 0.778. The van der Waals surface area contributed by atoms with Crippen molar-refractivity contribution in [2.24, 2.45) is 0 Å². The maximum Gasteiger partial charge on any atom is 0.0695 e. The van der Waals surface area contributed by atoms with Gasteiger partial charge in [-0.2, -0.15) is 0 Å². The highest BCUT2D eigenvalue weighted by atomic mass is 16.3. The molecule has 2 heteroatoms. The molecule has 0 spiro atoms. The largest absolute Gasteiger partial charge is 0.391 e. The first-order valence-corrected chi connectivity index (χ1v) is 4.25. The average molecular weight is 155 g/mol. The minimum absolute atomic E-state index is 0.111. The second-order valence-electron chi connectivity index (χ2n) is 3.29. The number of aliphatic hydroxyl groups excluding tert-OH is 1. The van der Waals surface area contributed by atoms with Gasteiger partial charge in [-0.3, -0.25) is 4.90 Å². The van der Waals surface area contributed by atoms with Gasteiger partial charge in [0.15, 0.2) is 0 Å². The Balaban J connectivity index is 2.38. The summed E-state index contributed by atoms with van der Waals surface area (Å²) in [6.45, 7) is 4.55. The van der Waals surface area contributed by atoms with E-state index < -0.39 is 0 Å². The summed E-state index contributed by atoms with van der Waals surface area (Å²) in [4.78, 5) is 2.17. The molecule has 0 saturated heterocycles. The first-order chi connectivity index (χ1) is 5.25. The summed E-state index contributed by atoms with van der Waals surface area (Å²) in [5.74, 6) is 0. The number of hydrogen-bond acceptors (Lipinski definition) is 2. The smallest absolute Gasteiger partial charge is 0.0695 e.